The predicted octanol–water partition coefficient (Wildman–Crippen LogP) is 4.30. The third-order valence-electron chi connectivity index (χ3n) is 7.82. The third-order valence-corrected chi connectivity index (χ3v) is 9.71. The first-order valence-corrected chi connectivity index (χ1v) is 14.0. The van der Waals surface area contributed by atoms with Gasteiger partial charge in [0.25, 0.3) is 0 Å². The van der Waals surface area contributed by atoms with E-state index in [9.17, 15) is 8.42 Å². The Morgan fingerprint density at radius 2 is 1.71 bits per heavy atom. The second-order valence-electron chi connectivity index (χ2n) is 9.70. The summed E-state index contributed by atoms with van der Waals surface area (Å²) >= 11 is 0. The van der Waals surface area contributed by atoms with Crippen LogP contribution in [0.1, 0.15) is 43.4 Å². The van der Waals surface area contributed by atoms with Crippen LogP contribution in [0.2, 0.25) is 0 Å². The minimum absolute atomic E-state index is 0.207. The van der Waals surface area contributed by atoms with Gasteiger partial charge in [0.2, 0.25) is 10.0 Å². The number of hydrogen-bond acceptors (Lipinski definition) is 5. The molecule has 1 aliphatic carbocycles. The van der Waals surface area contributed by atoms with Crippen LogP contribution < -0.4 is 10.2 Å². The maximum Gasteiger partial charge on any atom is 0.243 e. The number of benzene rings is 2. The maximum absolute atomic E-state index is 13.4. The molecule has 6 nitrogen and oxygen atoms in total. The fourth-order valence-electron chi connectivity index (χ4n) is 5.72. The summed E-state index contributed by atoms with van der Waals surface area (Å²) in [6, 6.07) is 14.8. The van der Waals surface area contributed by atoms with Crippen LogP contribution in [0.25, 0.3) is 0 Å². The number of anilines is 2. The molecule has 3 atom stereocenters. The average Bonchev–Trinajstić information content (AvgIpc) is 3.35. The number of nitrogens with zero attached hydrogens (tertiary/aromatic N) is 3. The van der Waals surface area contributed by atoms with Crippen molar-refractivity contribution in [2.24, 2.45) is 5.92 Å². The van der Waals surface area contributed by atoms with Gasteiger partial charge in [-0.05, 0) is 74.7 Å². The van der Waals surface area contributed by atoms with Crippen molar-refractivity contribution in [3.63, 3.8) is 0 Å². The predicted molar refractivity (Wildman–Crippen MR) is 139 cm³/mol. The summed E-state index contributed by atoms with van der Waals surface area (Å²) in [5.41, 5.74) is 4.69. The largest absolute Gasteiger partial charge is 0.378 e. The van der Waals surface area contributed by atoms with Gasteiger partial charge >= 0.3 is 0 Å². The van der Waals surface area contributed by atoms with Crippen molar-refractivity contribution in [1.29, 1.82) is 0 Å². The molecule has 0 radical (unpaired) electrons. The zero-order valence-corrected chi connectivity index (χ0v) is 21.3. The lowest BCUT2D eigenvalue weighted by Crippen LogP contribution is -2.47. The van der Waals surface area contributed by atoms with Crippen LogP contribution >= 0.6 is 0 Å². The van der Waals surface area contributed by atoms with E-state index in [4.69, 9.17) is 0 Å². The highest BCUT2D eigenvalue weighted by molar-refractivity contribution is 7.89. The highest BCUT2D eigenvalue weighted by Gasteiger charge is 2.39. The van der Waals surface area contributed by atoms with Crippen molar-refractivity contribution in [3.05, 3.63) is 65.7 Å². The molecule has 2 heterocycles. The zero-order valence-electron chi connectivity index (χ0n) is 20.4. The van der Waals surface area contributed by atoms with E-state index in [1.165, 1.54) is 11.3 Å². The van der Waals surface area contributed by atoms with E-state index < -0.39 is 10.0 Å². The van der Waals surface area contributed by atoms with Crippen molar-refractivity contribution in [1.82, 2.24) is 9.21 Å². The van der Waals surface area contributed by atoms with Crippen molar-refractivity contribution in [2.75, 3.05) is 56.5 Å². The summed E-state index contributed by atoms with van der Waals surface area (Å²) in [7, 11) is -1.44. The van der Waals surface area contributed by atoms with E-state index in [-0.39, 0.29) is 12.0 Å². The van der Waals surface area contributed by atoms with Gasteiger partial charge in [-0.25, -0.2) is 8.42 Å². The van der Waals surface area contributed by atoms with Gasteiger partial charge in [-0.1, -0.05) is 24.3 Å². The number of allylic oxidation sites excluding steroid dienone is 2. The third kappa shape index (κ3) is 4.14. The molecular formula is C27H36N4O2S. The highest BCUT2D eigenvalue weighted by Crippen LogP contribution is 2.50. The zero-order chi connectivity index (χ0) is 23.9. The van der Waals surface area contributed by atoms with Gasteiger partial charge in [-0.3, -0.25) is 0 Å². The number of hydrogen-bond donors (Lipinski definition) is 1. The Bertz CT molecular complexity index is 1150. The minimum atomic E-state index is -3.48. The highest BCUT2D eigenvalue weighted by atomic mass is 32.2. The molecular weight excluding hydrogens is 444 g/mol. The molecule has 0 amide bonds. The lowest BCUT2D eigenvalue weighted by atomic mass is 9.77. The molecule has 0 bridgehead atoms. The Morgan fingerprint density at radius 1 is 1.00 bits per heavy atom. The monoisotopic (exact) mass is 480 g/mol. The fraction of sp³-hybridized carbons (Fsp3) is 0.481. The number of nitrogens with one attached hydrogen (secondary N) is 1. The lowest BCUT2D eigenvalue weighted by Gasteiger charge is -2.38. The first-order valence-electron chi connectivity index (χ1n) is 12.5. The fourth-order valence-corrected chi connectivity index (χ4v) is 7.18. The molecule has 1 N–H and O–H groups in total. The standard InChI is InChI=1S/C27H36N4O2S/c1-4-30(5-2)21-11-9-20(10-12-21)27-24-8-6-7-23(24)25-19-22(13-14-26(25)28-27)34(32,33)31-17-15-29(3)16-18-31/h6-7,9-14,19,23-24,27-28H,4-5,8,15-18H2,1-3H3. The summed E-state index contributed by atoms with van der Waals surface area (Å²) in [6.45, 7) is 9.00. The molecule has 3 aliphatic rings. The molecule has 2 aromatic rings. The molecule has 7 heteroatoms. The summed E-state index contributed by atoms with van der Waals surface area (Å²) in [6.07, 6.45) is 5.52. The minimum Gasteiger partial charge on any atom is -0.378 e. The Morgan fingerprint density at radius 3 is 2.38 bits per heavy atom. The first kappa shape index (κ1) is 23.4. The molecule has 2 aromatic carbocycles. The van der Waals surface area contributed by atoms with Crippen molar-refractivity contribution >= 4 is 21.4 Å². The molecule has 1 fully saturated rings. The first-order chi connectivity index (χ1) is 16.4. The van der Waals surface area contributed by atoms with Crippen LogP contribution in [-0.2, 0) is 10.0 Å². The van der Waals surface area contributed by atoms with Crippen LogP contribution in [-0.4, -0.2) is 63.9 Å². The van der Waals surface area contributed by atoms with Gasteiger partial charge < -0.3 is 15.1 Å². The smallest absolute Gasteiger partial charge is 0.243 e. The number of likely N-dealkylation sites (N-methyl/N-ethyl adjacent to an activating group) is 1. The molecule has 0 saturated carbocycles. The second-order valence-corrected chi connectivity index (χ2v) is 11.6. The molecule has 0 spiro atoms. The van der Waals surface area contributed by atoms with Gasteiger partial charge in [0.05, 0.1) is 10.9 Å². The van der Waals surface area contributed by atoms with Crippen LogP contribution in [0.5, 0.6) is 0 Å². The second kappa shape index (κ2) is 9.36. The molecule has 182 valence electrons. The Kier molecular flexibility index (Phi) is 6.44. The Hall–Kier alpha value is -2.35. The van der Waals surface area contributed by atoms with Crippen LogP contribution in [0.3, 0.4) is 0 Å². The molecule has 34 heavy (non-hydrogen) atoms. The van der Waals surface area contributed by atoms with Gasteiger partial charge in [-0.15, -0.1) is 0 Å². The Balaban J connectivity index is 1.43. The normalized spacial score (nSPS) is 25.0. The van der Waals surface area contributed by atoms with E-state index in [1.54, 1.807) is 10.4 Å². The number of piperazine rings is 1. The van der Waals surface area contributed by atoms with Gasteiger partial charge in [-0.2, -0.15) is 4.31 Å². The number of sulfonamides is 1. The van der Waals surface area contributed by atoms with E-state index in [1.807, 2.05) is 19.2 Å². The molecule has 2 aliphatic heterocycles. The molecule has 0 aromatic heterocycles. The van der Waals surface area contributed by atoms with Crippen LogP contribution in [0.4, 0.5) is 11.4 Å². The summed E-state index contributed by atoms with van der Waals surface area (Å²) in [4.78, 5) is 4.94. The van der Waals surface area contributed by atoms with Gasteiger partial charge in [0.1, 0.15) is 0 Å². The Labute approximate surface area is 204 Å². The van der Waals surface area contributed by atoms with Crippen molar-refractivity contribution in [2.45, 2.75) is 37.1 Å². The van der Waals surface area contributed by atoms with Crippen molar-refractivity contribution in [3.8, 4) is 0 Å². The van der Waals surface area contributed by atoms with E-state index >= 15 is 0 Å². The van der Waals surface area contributed by atoms with Gasteiger partial charge in [0, 0.05) is 56.6 Å². The van der Waals surface area contributed by atoms with Gasteiger partial charge in [0.15, 0.2) is 0 Å². The lowest BCUT2D eigenvalue weighted by molar-refractivity contribution is 0.222. The van der Waals surface area contributed by atoms with E-state index in [0.717, 1.165) is 43.9 Å². The SMILES string of the molecule is CCN(CC)c1ccc(C2Nc3ccc(S(=O)(=O)N4CCN(C)CC4)cc3C3C=CCC32)cc1. The van der Waals surface area contributed by atoms with Crippen molar-refractivity contribution < 1.29 is 8.42 Å². The maximum atomic E-state index is 13.4. The quantitative estimate of drug-likeness (QED) is 0.625. The average molecular weight is 481 g/mol. The summed E-state index contributed by atoms with van der Waals surface area (Å²) in [5.74, 6) is 0.611. The molecule has 1 saturated heterocycles. The molecule has 5 rings (SSSR count). The number of fused-ring (bicyclic) bond motifs is 3. The molecule has 3 unspecified atom stereocenters. The van der Waals surface area contributed by atoms with Crippen LogP contribution in [0, 0.1) is 5.92 Å². The topological polar surface area (TPSA) is 55.9 Å². The summed E-state index contributed by atoms with van der Waals surface area (Å²) < 4.78 is 28.4. The van der Waals surface area contributed by atoms with Crippen LogP contribution in [0.15, 0.2) is 59.5 Å². The number of rotatable bonds is 6. The van der Waals surface area contributed by atoms with E-state index in [2.05, 4.69) is 65.4 Å². The van der Waals surface area contributed by atoms with E-state index in [0.29, 0.717) is 23.9 Å². The summed E-state index contributed by atoms with van der Waals surface area (Å²) in [5, 5.41) is 3.76.